The van der Waals surface area contributed by atoms with Gasteiger partial charge in [0.25, 0.3) is 0 Å². The predicted molar refractivity (Wildman–Crippen MR) is 105 cm³/mol. The average Bonchev–Trinajstić information content (AvgIpc) is 3.18. The van der Waals surface area contributed by atoms with Gasteiger partial charge in [-0.15, -0.1) is 11.8 Å². The smallest absolute Gasteiger partial charge is 0.231 e. The largest absolute Gasteiger partial charge is 0.371 e. The van der Waals surface area contributed by atoms with Gasteiger partial charge in [0.1, 0.15) is 5.03 Å². The zero-order chi connectivity index (χ0) is 18.8. The number of hydrogen-bond donors (Lipinski definition) is 0. The molecule has 1 saturated carbocycles. The number of anilines is 1. The Bertz CT molecular complexity index is 760. The van der Waals surface area contributed by atoms with Crippen LogP contribution in [0.4, 0.5) is 5.95 Å². The van der Waals surface area contributed by atoms with Crippen LogP contribution in [0.25, 0.3) is 0 Å². The molecule has 1 aromatic rings. The number of fused-ring (bicyclic) bond motifs is 3. The van der Waals surface area contributed by atoms with Crippen LogP contribution in [-0.4, -0.2) is 65.4 Å². The molecule has 3 saturated heterocycles. The monoisotopic (exact) mass is 388 g/mol. The highest BCUT2D eigenvalue weighted by molar-refractivity contribution is 7.98. The molecular weight excluding hydrogens is 360 g/mol. The minimum atomic E-state index is -0.279. The molecule has 4 aliphatic rings. The molecule has 0 unspecified atom stereocenters. The Balaban J connectivity index is 1.41. The molecule has 0 radical (unpaired) electrons. The van der Waals surface area contributed by atoms with E-state index in [9.17, 15) is 4.79 Å². The highest BCUT2D eigenvalue weighted by Gasteiger charge is 2.68. The van der Waals surface area contributed by atoms with Gasteiger partial charge >= 0.3 is 0 Å². The summed E-state index contributed by atoms with van der Waals surface area (Å²) in [6, 6.07) is 1.94. The van der Waals surface area contributed by atoms with Crippen molar-refractivity contribution >= 4 is 23.6 Å². The Hall–Kier alpha value is -1.34. The van der Waals surface area contributed by atoms with E-state index in [-0.39, 0.29) is 23.0 Å². The van der Waals surface area contributed by atoms with Gasteiger partial charge in [-0.1, -0.05) is 13.8 Å². The van der Waals surface area contributed by atoms with E-state index in [2.05, 4.69) is 33.6 Å². The summed E-state index contributed by atoms with van der Waals surface area (Å²) in [7, 11) is 0. The summed E-state index contributed by atoms with van der Waals surface area (Å²) in [6.07, 6.45) is 7.49. The van der Waals surface area contributed by atoms with Gasteiger partial charge in [-0.3, -0.25) is 4.79 Å². The molecule has 4 heterocycles. The van der Waals surface area contributed by atoms with Gasteiger partial charge in [-0.05, 0) is 42.9 Å². The summed E-state index contributed by atoms with van der Waals surface area (Å²) in [5.41, 5.74) is -0.0915. The molecule has 1 aliphatic carbocycles. The number of ether oxygens (including phenoxy) is 1. The molecule has 4 atom stereocenters. The van der Waals surface area contributed by atoms with Crippen molar-refractivity contribution in [2.75, 3.05) is 37.3 Å². The Morgan fingerprint density at radius 3 is 2.67 bits per heavy atom. The molecule has 7 heteroatoms. The van der Waals surface area contributed by atoms with Crippen molar-refractivity contribution in [3.05, 3.63) is 12.3 Å². The Morgan fingerprint density at radius 2 is 2.00 bits per heavy atom. The van der Waals surface area contributed by atoms with E-state index in [4.69, 9.17) is 4.74 Å². The number of aromatic nitrogens is 2. The predicted octanol–water partition coefficient (Wildman–Crippen LogP) is 2.44. The average molecular weight is 389 g/mol. The number of thioether (sulfide) groups is 1. The lowest BCUT2D eigenvalue weighted by Gasteiger charge is -2.56. The first-order valence-corrected chi connectivity index (χ1v) is 11.2. The van der Waals surface area contributed by atoms with Crippen LogP contribution in [0.2, 0.25) is 0 Å². The number of rotatable bonds is 3. The normalized spacial score (nSPS) is 36.5. The van der Waals surface area contributed by atoms with Gasteiger partial charge < -0.3 is 14.5 Å². The zero-order valence-corrected chi connectivity index (χ0v) is 17.2. The van der Waals surface area contributed by atoms with Gasteiger partial charge in [0.05, 0.1) is 17.6 Å². The van der Waals surface area contributed by atoms with Gasteiger partial charge in [-0.25, -0.2) is 9.97 Å². The fourth-order valence-electron chi connectivity index (χ4n) is 6.03. The fourth-order valence-corrected chi connectivity index (χ4v) is 6.40. The van der Waals surface area contributed by atoms with Crippen LogP contribution >= 0.6 is 11.8 Å². The summed E-state index contributed by atoms with van der Waals surface area (Å²) in [6.45, 7) is 7.74. The second kappa shape index (κ2) is 6.08. The van der Waals surface area contributed by atoms with Gasteiger partial charge in [0.2, 0.25) is 11.9 Å². The third kappa shape index (κ3) is 2.69. The van der Waals surface area contributed by atoms with Crippen molar-refractivity contribution in [1.29, 1.82) is 0 Å². The van der Waals surface area contributed by atoms with Crippen LogP contribution in [0.1, 0.15) is 33.1 Å². The minimum Gasteiger partial charge on any atom is -0.371 e. The Labute approximate surface area is 165 Å². The maximum Gasteiger partial charge on any atom is 0.231 e. The van der Waals surface area contributed by atoms with E-state index < -0.39 is 0 Å². The lowest BCUT2D eigenvalue weighted by molar-refractivity contribution is -0.171. The van der Waals surface area contributed by atoms with E-state index in [1.54, 1.807) is 11.8 Å². The molecule has 3 aliphatic heterocycles. The molecule has 0 spiro atoms. The summed E-state index contributed by atoms with van der Waals surface area (Å²) < 4.78 is 5.95. The van der Waals surface area contributed by atoms with Crippen molar-refractivity contribution in [2.24, 2.45) is 16.7 Å². The lowest BCUT2D eigenvalue weighted by Crippen LogP contribution is -2.63. The third-order valence-corrected chi connectivity index (χ3v) is 7.77. The topological polar surface area (TPSA) is 58.6 Å². The van der Waals surface area contributed by atoms with E-state index in [0.717, 1.165) is 56.4 Å². The van der Waals surface area contributed by atoms with Crippen LogP contribution in [0.5, 0.6) is 0 Å². The summed E-state index contributed by atoms with van der Waals surface area (Å²) in [5, 5.41) is 0.976. The molecule has 1 amide bonds. The maximum absolute atomic E-state index is 13.7. The molecule has 6 nitrogen and oxygen atoms in total. The first kappa shape index (κ1) is 17.7. The molecule has 2 bridgehead atoms. The second-order valence-electron chi connectivity index (χ2n) is 9.32. The molecule has 0 aromatic carbocycles. The SMILES string of the molecule is CSc1ccnc(N2C[C@@H]3C(C)(C)C[C@]3(C(=O)N3C[C@H]4CC[C@@H](C3)O4)C2)n1. The molecule has 146 valence electrons. The van der Waals surface area contributed by atoms with Crippen molar-refractivity contribution in [1.82, 2.24) is 14.9 Å². The van der Waals surface area contributed by atoms with Crippen LogP contribution in [0.3, 0.4) is 0 Å². The molecule has 5 rings (SSSR count). The van der Waals surface area contributed by atoms with E-state index >= 15 is 0 Å². The van der Waals surface area contributed by atoms with E-state index in [1.165, 1.54) is 0 Å². The zero-order valence-electron chi connectivity index (χ0n) is 16.4. The van der Waals surface area contributed by atoms with Crippen molar-refractivity contribution in [3.63, 3.8) is 0 Å². The van der Waals surface area contributed by atoms with Gasteiger partial charge in [-0.2, -0.15) is 0 Å². The number of amides is 1. The number of morpholine rings is 1. The number of carbonyl (C=O) groups excluding carboxylic acids is 1. The van der Waals surface area contributed by atoms with E-state index in [0.29, 0.717) is 11.8 Å². The maximum atomic E-state index is 13.7. The molecule has 0 N–H and O–H groups in total. The van der Waals surface area contributed by atoms with Crippen molar-refractivity contribution in [2.45, 2.75) is 50.3 Å². The molecule has 4 fully saturated rings. The van der Waals surface area contributed by atoms with Crippen molar-refractivity contribution < 1.29 is 9.53 Å². The molecular formula is C20H28N4O2S. The fraction of sp³-hybridized carbons (Fsp3) is 0.750. The highest BCUT2D eigenvalue weighted by atomic mass is 32.2. The second-order valence-corrected chi connectivity index (χ2v) is 10.1. The lowest BCUT2D eigenvalue weighted by atomic mass is 9.47. The van der Waals surface area contributed by atoms with E-state index in [1.807, 2.05) is 18.5 Å². The van der Waals surface area contributed by atoms with Crippen LogP contribution in [0, 0.1) is 16.7 Å². The number of nitrogens with zero attached hydrogens (tertiary/aromatic N) is 4. The standard InChI is InChI=1S/C20H28N4O2S/c1-19(2)11-20(17(25)23-8-13-4-5-14(9-23)26-13)12-24(10-15(19)20)18-21-7-6-16(22-18)27-3/h6-7,13-15H,4-5,8-12H2,1-3H3/t13-,14+,15-,20+/m1/s1. The quantitative estimate of drug-likeness (QED) is 0.586. The third-order valence-electron chi connectivity index (χ3n) is 7.12. The minimum absolute atomic E-state index is 0.187. The first-order chi connectivity index (χ1) is 12.9. The molecule has 1 aromatic heterocycles. The summed E-state index contributed by atoms with van der Waals surface area (Å²) in [5.74, 6) is 1.47. The summed E-state index contributed by atoms with van der Waals surface area (Å²) in [4.78, 5) is 27.2. The highest BCUT2D eigenvalue weighted by Crippen LogP contribution is 2.63. The number of likely N-dealkylation sites (tertiary alicyclic amines) is 1. The Kier molecular flexibility index (Phi) is 3.99. The van der Waals surface area contributed by atoms with Gasteiger partial charge in [0, 0.05) is 32.4 Å². The number of carbonyl (C=O) groups is 1. The van der Waals surface area contributed by atoms with Crippen LogP contribution in [0.15, 0.2) is 17.3 Å². The summed E-state index contributed by atoms with van der Waals surface area (Å²) >= 11 is 1.63. The van der Waals surface area contributed by atoms with Gasteiger partial charge in [0.15, 0.2) is 0 Å². The van der Waals surface area contributed by atoms with Crippen LogP contribution in [-0.2, 0) is 9.53 Å². The Morgan fingerprint density at radius 1 is 1.26 bits per heavy atom. The number of hydrogen-bond acceptors (Lipinski definition) is 6. The van der Waals surface area contributed by atoms with Crippen LogP contribution < -0.4 is 4.90 Å². The first-order valence-electron chi connectivity index (χ1n) is 9.98. The molecule has 27 heavy (non-hydrogen) atoms. The van der Waals surface area contributed by atoms with Crippen molar-refractivity contribution in [3.8, 4) is 0 Å².